The number of hydrogen-bond acceptors (Lipinski definition) is 3. The van der Waals surface area contributed by atoms with E-state index in [4.69, 9.17) is 9.47 Å². The molecule has 0 saturated heterocycles. The van der Waals surface area contributed by atoms with E-state index in [9.17, 15) is 22.4 Å². The minimum Gasteiger partial charge on any atom is -0.494 e. The number of hydrogen-bond donors (Lipinski definition) is 0. The Balaban J connectivity index is 1.44. The number of benzene rings is 3. The molecule has 0 amide bonds. The van der Waals surface area contributed by atoms with Crippen molar-refractivity contribution < 1.29 is 31.8 Å². The van der Waals surface area contributed by atoms with Crippen LogP contribution in [0.2, 0.25) is 0 Å². The Morgan fingerprint density at radius 3 is 1.82 bits per heavy atom. The highest BCUT2D eigenvalue weighted by atomic mass is 19.2. The minimum atomic E-state index is -1.28. The maximum atomic E-state index is 14.5. The van der Waals surface area contributed by atoms with Gasteiger partial charge in [-0.1, -0.05) is 76.6 Å². The van der Waals surface area contributed by atoms with Crippen molar-refractivity contribution in [3.63, 3.8) is 0 Å². The fourth-order valence-electron chi connectivity index (χ4n) is 4.06. The summed E-state index contributed by atoms with van der Waals surface area (Å²) in [6.45, 7) is 2.88. The van der Waals surface area contributed by atoms with Crippen LogP contribution in [0.3, 0.4) is 0 Å². The van der Waals surface area contributed by atoms with Gasteiger partial charge < -0.3 is 9.47 Å². The van der Waals surface area contributed by atoms with Crippen molar-refractivity contribution in [2.45, 2.75) is 71.1 Å². The first-order chi connectivity index (χ1) is 19.4. The van der Waals surface area contributed by atoms with Crippen LogP contribution in [-0.4, -0.2) is 12.6 Å². The molecule has 0 atom stereocenters. The summed E-state index contributed by atoms with van der Waals surface area (Å²) >= 11 is 0. The standard InChI is InChI=1S/C33H34F4O3/c1-2-3-4-5-6-7-8-9-10-11-20-39-27-17-14-24(15-18-27)12-13-25-21-30(36)32(31(37)22-25)40-33(38)26-16-19-28(34)29(35)23-26/h14-19,21-23H,2-11,20H2,1H3. The van der Waals surface area contributed by atoms with Gasteiger partial charge >= 0.3 is 5.97 Å². The Hall–Kier alpha value is -3.79. The first-order valence-electron chi connectivity index (χ1n) is 13.8. The molecule has 0 aromatic heterocycles. The molecule has 0 aliphatic heterocycles. The fourth-order valence-corrected chi connectivity index (χ4v) is 4.06. The molecule has 3 rings (SSSR count). The highest BCUT2D eigenvalue weighted by Gasteiger charge is 2.18. The Labute approximate surface area is 233 Å². The summed E-state index contributed by atoms with van der Waals surface area (Å²) in [6, 6.07) is 11.2. The first kappa shape index (κ1) is 30.7. The highest BCUT2D eigenvalue weighted by Crippen LogP contribution is 2.25. The maximum absolute atomic E-state index is 14.5. The molecule has 0 bridgehead atoms. The van der Waals surface area contributed by atoms with Crippen LogP contribution in [0.15, 0.2) is 54.6 Å². The van der Waals surface area contributed by atoms with Crippen molar-refractivity contribution in [1.82, 2.24) is 0 Å². The molecule has 0 spiro atoms. The lowest BCUT2D eigenvalue weighted by molar-refractivity contribution is 0.0719. The molecule has 0 radical (unpaired) electrons. The van der Waals surface area contributed by atoms with Crippen molar-refractivity contribution >= 4 is 5.97 Å². The molecule has 0 unspecified atom stereocenters. The van der Waals surface area contributed by atoms with Crippen LogP contribution < -0.4 is 9.47 Å². The summed E-state index contributed by atoms with van der Waals surface area (Å²) in [6.07, 6.45) is 12.6. The number of halogens is 4. The van der Waals surface area contributed by atoms with Crippen molar-refractivity contribution in [1.29, 1.82) is 0 Å². The summed E-state index contributed by atoms with van der Waals surface area (Å²) < 4.78 is 65.8. The average Bonchev–Trinajstić information content (AvgIpc) is 2.94. The van der Waals surface area contributed by atoms with Gasteiger partial charge in [0.1, 0.15) is 5.75 Å². The van der Waals surface area contributed by atoms with Gasteiger partial charge in [-0.2, -0.15) is 0 Å². The molecular weight excluding hydrogens is 520 g/mol. The Kier molecular flexibility index (Phi) is 12.6. The predicted octanol–water partition coefficient (Wildman–Crippen LogP) is 9.16. The molecule has 0 N–H and O–H groups in total. The minimum absolute atomic E-state index is 0.0314. The summed E-state index contributed by atoms with van der Waals surface area (Å²) in [5, 5.41) is 0. The van der Waals surface area contributed by atoms with Gasteiger partial charge in [0.15, 0.2) is 23.3 Å². The van der Waals surface area contributed by atoms with E-state index in [0.29, 0.717) is 24.3 Å². The van der Waals surface area contributed by atoms with Crippen LogP contribution >= 0.6 is 0 Å². The molecule has 0 fully saturated rings. The van der Waals surface area contributed by atoms with Crippen LogP contribution in [-0.2, 0) is 0 Å². The number of carbonyl (C=O) groups excluding carboxylic acids is 1. The van der Waals surface area contributed by atoms with Crippen LogP contribution in [0.4, 0.5) is 17.6 Å². The zero-order valence-corrected chi connectivity index (χ0v) is 22.7. The quantitative estimate of drug-likeness (QED) is 0.0655. The van der Waals surface area contributed by atoms with E-state index in [1.807, 2.05) is 0 Å². The van der Waals surface area contributed by atoms with E-state index >= 15 is 0 Å². The van der Waals surface area contributed by atoms with E-state index in [0.717, 1.165) is 36.8 Å². The van der Waals surface area contributed by atoms with Gasteiger partial charge in [0.2, 0.25) is 5.75 Å². The SMILES string of the molecule is CCCCCCCCCCCCOc1ccc(C#Cc2cc(F)c(OC(=O)c3ccc(F)c(F)c3)c(F)c2)cc1. The smallest absolute Gasteiger partial charge is 0.343 e. The van der Waals surface area contributed by atoms with Crippen molar-refractivity contribution in [2.24, 2.45) is 0 Å². The molecule has 40 heavy (non-hydrogen) atoms. The molecule has 3 aromatic carbocycles. The van der Waals surface area contributed by atoms with E-state index in [1.54, 1.807) is 24.3 Å². The second-order valence-electron chi connectivity index (χ2n) is 9.59. The summed E-state index contributed by atoms with van der Waals surface area (Å²) in [4.78, 5) is 12.1. The third-order valence-corrected chi connectivity index (χ3v) is 6.32. The zero-order chi connectivity index (χ0) is 28.7. The van der Waals surface area contributed by atoms with E-state index < -0.39 is 40.6 Å². The molecule has 7 heteroatoms. The summed E-state index contributed by atoms with van der Waals surface area (Å²) in [5.41, 5.74) is 0.266. The highest BCUT2D eigenvalue weighted by molar-refractivity contribution is 5.91. The van der Waals surface area contributed by atoms with Crippen molar-refractivity contribution in [3.8, 4) is 23.3 Å². The van der Waals surface area contributed by atoms with Gasteiger partial charge in [-0.15, -0.1) is 0 Å². The molecular formula is C33H34F4O3. The number of rotatable bonds is 14. The van der Waals surface area contributed by atoms with Crippen LogP contribution in [0.5, 0.6) is 11.5 Å². The molecule has 3 aromatic rings. The Morgan fingerprint density at radius 2 is 1.23 bits per heavy atom. The lowest BCUT2D eigenvalue weighted by Gasteiger charge is -2.07. The molecule has 0 aliphatic rings. The summed E-state index contributed by atoms with van der Waals surface area (Å²) in [5.74, 6) is -0.712. The van der Waals surface area contributed by atoms with E-state index in [2.05, 4.69) is 18.8 Å². The Bertz CT molecular complexity index is 1290. The lowest BCUT2D eigenvalue weighted by atomic mass is 10.1. The predicted molar refractivity (Wildman–Crippen MR) is 147 cm³/mol. The molecule has 212 valence electrons. The molecule has 0 heterocycles. The normalized spacial score (nSPS) is 10.6. The third-order valence-electron chi connectivity index (χ3n) is 6.32. The molecule has 0 saturated carbocycles. The van der Waals surface area contributed by atoms with Gasteiger partial charge in [0, 0.05) is 11.1 Å². The topological polar surface area (TPSA) is 35.5 Å². The van der Waals surface area contributed by atoms with Gasteiger partial charge in [0.25, 0.3) is 0 Å². The van der Waals surface area contributed by atoms with Gasteiger partial charge in [0.05, 0.1) is 12.2 Å². The number of esters is 1. The Morgan fingerprint density at radius 1 is 0.650 bits per heavy atom. The van der Waals surface area contributed by atoms with Gasteiger partial charge in [-0.3, -0.25) is 0 Å². The van der Waals surface area contributed by atoms with E-state index in [-0.39, 0.29) is 5.56 Å². The van der Waals surface area contributed by atoms with Crippen LogP contribution in [0.25, 0.3) is 0 Å². The largest absolute Gasteiger partial charge is 0.494 e. The van der Waals surface area contributed by atoms with Crippen LogP contribution in [0, 0.1) is 35.1 Å². The monoisotopic (exact) mass is 554 g/mol. The molecule has 0 aliphatic carbocycles. The maximum Gasteiger partial charge on any atom is 0.343 e. The number of ether oxygens (including phenoxy) is 2. The third kappa shape index (κ3) is 10.1. The lowest BCUT2D eigenvalue weighted by Crippen LogP contribution is -2.11. The fraction of sp³-hybridized carbons (Fsp3) is 0.364. The second kappa shape index (κ2) is 16.3. The zero-order valence-electron chi connectivity index (χ0n) is 22.7. The van der Waals surface area contributed by atoms with Crippen molar-refractivity contribution in [2.75, 3.05) is 6.61 Å². The number of unbranched alkanes of at least 4 members (excludes halogenated alkanes) is 9. The van der Waals surface area contributed by atoms with Gasteiger partial charge in [-0.05, 0) is 61.0 Å². The number of carbonyl (C=O) groups is 1. The van der Waals surface area contributed by atoms with Gasteiger partial charge in [-0.25, -0.2) is 22.4 Å². The van der Waals surface area contributed by atoms with E-state index in [1.165, 1.54) is 51.4 Å². The van der Waals surface area contributed by atoms with Crippen LogP contribution in [0.1, 0.15) is 92.6 Å². The average molecular weight is 555 g/mol. The molecule has 3 nitrogen and oxygen atoms in total. The second-order valence-corrected chi connectivity index (χ2v) is 9.59. The summed E-state index contributed by atoms with van der Waals surface area (Å²) in [7, 11) is 0. The first-order valence-corrected chi connectivity index (χ1v) is 13.8. The van der Waals surface area contributed by atoms with Crippen molar-refractivity contribution in [3.05, 3.63) is 94.6 Å².